The molecule has 1 heterocycles. The zero-order valence-corrected chi connectivity index (χ0v) is 14.4. The molecule has 0 radical (unpaired) electrons. The Hall–Kier alpha value is -2.44. The number of aldehydes is 1. The molecule has 0 spiro atoms. The topological polar surface area (TPSA) is 46.6 Å². The minimum Gasteiger partial charge on any atom is -0.497 e. The molecule has 6 heteroatoms. The fourth-order valence-corrected chi connectivity index (χ4v) is 3.56. The lowest BCUT2D eigenvalue weighted by Gasteiger charge is -2.15. The molecular weight excluding hydrogens is 342 g/mol. The van der Waals surface area contributed by atoms with Crippen LogP contribution in [0.3, 0.4) is 0 Å². The number of carbonyl (C=O) groups is 2. The number of rotatable bonds is 4. The maximum absolute atomic E-state index is 12.7. The van der Waals surface area contributed by atoms with E-state index < -0.39 is 0 Å². The molecule has 0 aromatic heterocycles. The minimum atomic E-state index is -0.169. The van der Waals surface area contributed by atoms with E-state index in [1.54, 1.807) is 43.5 Å². The molecule has 0 atom stereocenters. The van der Waals surface area contributed by atoms with Crippen molar-refractivity contribution in [2.75, 3.05) is 12.0 Å². The number of thiocarbonyl (C=S) groups is 1. The molecule has 3 rings (SSSR count). The summed E-state index contributed by atoms with van der Waals surface area (Å²) in [5.74, 6) is 0.493. The number of thioether (sulfide) groups is 1. The van der Waals surface area contributed by atoms with Gasteiger partial charge in [0.25, 0.3) is 5.91 Å². The zero-order chi connectivity index (χ0) is 17.1. The first-order chi connectivity index (χ1) is 11.6. The van der Waals surface area contributed by atoms with E-state index in [0.717, 1.165) is 11.8 Å². The van der Waals surface area contributed by atoms with Gasteiger partial charge < -0.3 is 4.74 Å². The van der Waals surface area contributed by atoms with Crippen molar-refractivity contribution in [3.63, 3.8) is 0 Å². The quantitative estimate of drug-likeness (QED) is 0.473. The first-order valence-corrected chi connectivity index (χ1v) is 8.32. The van der Waals surface area contributed by atoms with Crippen LogP contribution in [-0.4, -0.2) is 23.6 Å². The van der Waals surface area contributed by atoms with Crippen LogP contribution in [-0.2, 0) is 4.79 Å². The van der Waals surface area contributed by atoms with Crippen LogP contribution in [0.15, 0.2) is 53.4 Å². The van der Waals surface area contributed by atoms with E-state index in [9.17, 15) is 9.59 Å². The molecule has 0 bridgehead atoms. The number of carbonyl (C=O) groups excluding carboxylic acids is 2. The van der Waals surface area contributed by atoms with Crippen molar-refractivity contribution in [3.05, 3.63) is 64.6 Å². The average Bonchev–Trinajstić information content (AvgIpc) is 2.89. The van der Waals surface area contributed by atoms with Gasteiger partial charge in [-0.05, 0) is 23.8 Å². The van der Waals surface area contributed by atoms with Gasteiger partial charge in [0.2, 0.25) is 0 Å². The summed E-state index contributed by atoms with van der Waals surface area (Å²) >= 11 is 6.61. The Bertz CT molecular complexity index is 844. The van der Waals surface area contributed by atoms with Gasteiger partial charge in [-0.15, -0.1) is 0 Å². The molecule has 4 nitrogen and oxygen atoms in total. The Kier molecular flexibility index (Phi) is 4.78. The van der Waals surface area contributed by atoms with Gasteiger partial charge >= 0.3 is 0 Å². The van der Waals surface area contributed by atoms with Crippen LogP contribution in [0, 0.1) is 0 Å². The molecule has 2 aromatic carbocycles. The molecule has 120 valence electrons. The summed E-state index contributed by atoms with van der Waals surface area (Å²) in [6, 6.07) is 14.2. The zero-order valence-electron chi connectivity index (χ0n) is 12.8. The average molecular weight is 355 g/mol. The SMILES string of the molecule is COc1cccc(N2C(=O)/C(=C/c3ccc(C=O)cc3)SC2=S)c1. The number of benzene rings is 2. The maximum Gasteiger partial charge on any atom is 0.270 e. The van der Waals surface area contributed by atoms with Gasteiger partial charge in [-0.3, -0.25) is 14.5 Å². The van der Waals surface area contributed by atoms with Gasteiger partial charge in [0.15, 0.2) is 4.32 Å². The second kappa shape index (κ2) is 6.98. The second-order valence-electron chi connectivity index (χ2n) is 5.00. The van der Waals surface area contributed by atoms with E-state index in [2.05, 4.69) is 0 Å². The number of hydrogen-bond acceptors (Lipinski definition) is 5. The fraction of sp³-hybridized carbons (Fsp3) is 0.0556. The van der Waals surface area contributed by atoms with Crippen molar-refractivity contribution in [3.8, 4) is 5.75 Å². The van der Waals surface area contributed by atoms with Crippen molar-refractivity contribution in [1.82, 2.24) is 0 Å². The number of methoxy groups -OCH3 is 1. The third-order valence-electron chi connectivity index (χ3n) is 3.48. The van der Waals surface area contributed by atoms with Gasteiger partial charge in [-0.25, -0.2) is 0 Å². The summed E-state index contributed by atoms with van der Waals surface area (Å²) in [6.07, 6.45) is 2.56. The predicted molar refractivity (Wildman–Crippen MR) is 100 cm³/mol. The lowest BCUT2D eigenvalue weighted by molar-refractivity contribution is -0.113. The van der Waals surface area contributed by atoms with Crippen LogP contribution < -0.4 is 9.64 Å². The summed E-state index contributed by atoms with van der Waals surface area (Å²) < 4.78 is 5.67. The van der Waals surface area contributed by atoms with E-state index in [-0.39, 0.29) is 5.91 Å². The molecule has 2 aromatic rings. The van der Waals surface area contributed by atoms with Gasteiger partial charge in [0.05, 0.1) is 17.7 Å². The standard InChI is InChI=1S/C18H13NO3S2/c1-22-15-4-2-3-14(10-15)19-17(21)16(24-18(19)23)9-12-5-7-13(11-20)8-6-12/h2-11H,1H3/b16-9-. The van der Waals surface area contributed by atoms with Crippen LogP contribution in [0.4, 0.5) is 5.69 Å². The van der Waals surface area contributed by atoms with Crippen LogP contribution >= 0.6 is 24.0 Å². The van der Waals surface area contributed by atoms with E-state index in [0.29, 0.717) is 26.2 Å². The summed E-state index contributed by atoms with van der Waals surface area (Å²) in [4.78, 5) is 25.4. The van der Waals surface area contributed by atoms with Crippen LogP contribution in [0.2, 0.25) is 0 Å². The first kappa shape index (κ1) is 16.4. The van der Waals surface area contributed by atoms with Gasteiger partial charge in [-0.1, -0.05) is 54.3 Å². The third kappa shape index (κ3) is 3.25. The molecule has 0 aliphatic carbocycles. The smallest absolute Gasteiger partial charge is 0.270 e. The van der Waals surface area contributed by atoms with Crippen molar-refractivity contribution >= 4 is 52.3 Å². The molecule has 1 aliphatic heterocycles. The Morgan fingerprint density at radius 1 is 1.12 bits per heavy atom. The van der Waals surface area contributed by atoms with Crippen LogP contribution in [0.1, 0.15) is 15.9 Å². The van der Waals surface area contributed by atoms with Crippen molar-refractivity contribution in [2.24, 2.45) is 0 Å². The monoisotopic (exact) mass is 355 g/mol. The number of anilines is 1. The number of hydrogen-bond donors (Lipinski definition) is 0. The van der Waals surface area contributed by atoms with E-state index in [1.165, 1.54) is 16.7 Å². The summed E-state index contributed by atoms with van der Waals surface area (Å²) in [5, 5.41) is 0. The van der Waals surface area contributed by atoms with Crippen LogP contribution in [0.25, 0.3) is 6.08 Å². The highest BCUT2D eigenvalue weighted by Gasteiger charge is 2.33. The minimum absolute atomic E-state index is 0.169. The Morgan fingerprint density at radius 3 is 2.50 bits per heavy atom. The van der Waals surface area contributed by atoms with Crippen molar-refractivity contribution in [1.29, 1.82) is 0 Å². The normalized spacial score (nSPS) is 15.9. The summed E-state index contributed by atoms with van der Waals surface area (Å²) in [7, 11) is 1.58. The molecule has 1 fully saturated rings. The van der Waals surface area contributed by atoms with Gasteiger partial charge in [0.1, 0.15) is 12.0 Å². The highest BCUT2D eigenvalue weighted by molar-refractivity contribution is 8.27. The second-order valence-corrected chi connectivity index (χ2v) is 6.68. The van der Waals surface area contributed by atoms with Gasteiger partial charge in [0, 0.05) is 11.6 Å². The molecule has 0 unspecified atom stereocenters. The highest BCUT2D eigenvalue weighted by Crippen LogP contribution is 2.36. The first-order valence-electron chi connectivity index (χ1n) is 7.09. The predicted octanol–water partition coefficient (Wildman–Crippen LogP) is 3.91. The largest absolute Gasteiger partial charge is 0.497 e. The molecule has 24 heavy (non-hydrogen) atoms. The van der Waals surface area contributed by atoms with E-state index in [4.69, 9.17) is 17.0 Å². The lowest BCUT2D eigenvalue weighted by Crippen LogP contribution is -2.27. The highest BCUT2D eigenvalue weighted by atomic mass is 32.2. The Labute approximate surface area is 149 Å². The molecule has 0 N–H and O–H groups in total. The maximum atomic E-state index is 12.7. The van der Waals surface area contributed by atoms with E-state index in [1.807, 2.05) is 18.2 Å². The lowest BCUT2D eigenvalue weighted by atomic mass is 10.1. The Morgan fingerprint density at radius 2 is 1.83 bits per heavy atom. The molecular formula is C18H13NO3S2. The fourth-order valence-electron chi connectivity index (χ4n) is 2.26. The van der Waals surface area contributed by atoms with Gasteiger partial charge in [-0.2, -0.15) is 0 Å². The molecule has 1 aliphatic rings. The number of nitrogens with zero attached hydrogens (tertiary/aromatic N) is 1. The molecule has 0 saturated carbocycles. The van der Waals surface area contributed by atoms with E-state index >= 15 is 0 Å². The van der Waals surface area contributed by atoms with Crippen LogP contribution in [0.5, 0.6) is 5.75 Å². The summed E-state index contributed by atoms with van der Waals surface area (Å²) in [5.41, 5.74) is 2.11. The number of ether oxygens (including phenoxy) is 1. The Balaban J connectivity index is 1.90. The molecule has 1 amide bonds. The summed E-state index contributed by atoms with van der Waals surface area (Å²) in [6.45, 7) is 0. The van der Waals surface area contributed by atoms with Crippen molar-refractivity contribution < 1.29 is 14.3 Å². The third-order valence-corrected chi connectivity index (χ3v) is 4.78. The van der Waals surface area contributed by atoms with Crippen molar-refractivity contribution in [2.45, 2.75) is 0 Å². The molecule has 1 saturated heterocycles. The number of amides is 1.